The van der Waals surface area contributed by atoms with Crippen molar-refractivity contribution in [2.24, 2.45) is 0 Å². The van der Waals surface area contributed by atoms with Crippen molar-refractivity contribution in [3.8, 4) is 5.69 Å². The zero-order valence-electron chi connectivity index (χ0n) is 16.1. The molecule has 136 valence electrons. The van der Waals surface area contributed by atoms with E-state index in [2.05, 4.69) is 17.0 Å². The minimum absolute atomic E-state index is 0.0116. The summed E-state index contributed by atoms with van der Waals surface area (Å²) in [6.45, 7) is 10.1. The largest absolute Gasteiger partial charge is 0.333 e. The molecule has 26 heavy (non-hydrogen) atoms. The van der Waals surface area contributed by atoms with Crippen LogP contribution in [-0.4, -0.2) is 32.6 Å². The maximum atomic E-state index is 12.9. The average molecular weight is 369 g/mol. The zero-order chi connectivity index (χ0) is 19.0. The fourth-order valence-corrected chi connectivity index (χ4v) is 4.04. The Morgan fingerprint density at radius 2 is 1.81 bits per heavy atom. The Morgan fingerprint density at radius 1 is 1.15 bits per heavy atom. The number of hydrogen-bond donors (Lipinski definition) is 0. The highest BCUT2D eigenvalue weighted by Gasteiger charge is 2.22. The molecule has 0 aliphatic heterocycles. The monoisotopic (exact) mass is 368 g/mol. The van der Waals surface area contributed by atoms with E-state index in [1.165, 1.54) is 0 Å². The third-order valence-electron chi connectivity index (χ3n) is 4.60. The Bertz CT molecular complexity index is 939. The van der Waals surface area contributed by atoms with E-state index in [-0.39, 0.29) is 11.9 Å². The van der Waals surface area contributed by atoms with Crippen molar-refractivity contribution < 1.29 is 4.79 Å². The molecule has 3 aromatic rings. The fraction of sp³-hybridized carbons (Fsp3) is 0.350. The molecule has 2 aromatic heterocycles. The molecule has 1 aromatic carbocycles. The smallest absolute Gasteiger partial charge is 0.254 e. The number of aromatic nitrogens is 3. The van der Waals surface area contributed by atoms with Crippen molar-refractivity contribution >= 4 is 17.2 Å². The van der Waals surface area contributed by atoms with Crippen LogP contribution in [0.3, 0.4) is 0 Å². The molecule has 0 unspecified atom stereocenters. The Balaban J connectivity index is 1.81. The second kappa shape index (κ2) is 7.03. The summed E-state index contributed by atoms with van der Waals surface area (Å²) < 4.78 is 1.89. The molecule has 6 heteroatoms. The Labute approximate surface area is 158 Å². The predicted molar refractivity (Wildman–Crippen MR) is 105 cm³/mol. The van der Waals surface area contributed by atoms with Crippen LogP contribution in [0.5, 0.6) is 0 Å². The molecule has 0 spiro atoms. The van der Waals surface area contributed by atoms with Gasteiger partial charge in [-0.05, 0) is 65.0 Å². The molecule has 1 amide bonds. The molecule has 0 fully saturated rings. The van der Waals surface area contributed by atoms with Crippen LogP contribution in [0.1, 0.15) is 50.3 Å². The number of aryl methyl sites for hydroxylation is 4. The van der Waals surface area contributed by atoms with Crippen molar-refractivity contribution in [2.45, 2.75) is 40.7 Å². The van der Waals surface area contributed by atoms with Crippen LogP contribution in [0.15, 0.2) is 30.3 Å². The molecule has 0 aliphatic carbocycles. The molecule has 0 aliphatic rings. The summed E-state index contributed by atoms with van der Waals surface area (Å²) in [5, 5.41) is 5.51. The SMILES string of the molecule is Cc1cc(C)n(-c2ccc(C(=O)N(C)[C@H](C)c3nc(C)sc3C)cc2)n1. The number of carbonyl (C=O) groups is 1. The summed E-state index contributed by atoms with van der Waals surface area (Å²) in [4.78, 5) is 20.4. The number of rotatable bonds is 4. The van der Waals surface area contributed by atoms with Gasteiger partial charge < -0.3 is 4.90 Å². The van der Waals surface area contributed by atoms with E-state index in [0.29, 0.717) is 5.56 Å². The van der Waals surface area contributed by atoms with Crippen molar-refractivity contribution in [2.75, 3.05) is 7.05 Å². The van der Waals surface area contributed by atoms with Crippen LogP contribution in [0.2, 0.25) is 0 Å². The Kier molecular flexibility index (Phi) is 4.96. The lowest BCUT2D eigenvalue weighted by Crippen LogP contribution is -2.30. The summed E-state index contributed by atoms with van der Waals surface area (Å²) >= 11 is 1.67. The zero-order valence-corrected chi connectivity index (χ0v) is 16.9. The van der Waals surface area contributed by atoms with Crippen molar-refractivity contribution in [1.82, 2.24) is 19.7 Å². The lowest BCUT2D eigenvalue weighted by Gasteiger charge is -2.24. The van der Waals surface area contributed by atoms with Crippen LogP contribution < -0.4 is 0 Å². The first kappa shape index (κ1) is 18.3. The average Bonchev–Trinajstić information content (AvgIpc) is 3.13. The summed E-state index contributed by atoms with van der Waals surface area (Å²) in [5.41, 5.74) is 4.64. The summed E-state index contributed by atoms with van der Waals surface area (Å²) in [6, 6.07) is 9.55. The van der Waals surface area contributed by atoms with Crippen molar-refractivity contribution in [3.05, 3.63) is 62.9 Å². The second-order valence-corrected chi connectivity index (χ2v) is 8.06. The minimum atomic E-state index is -0.0665. The molecule has 5 nitrogen and oxygen atoms in total. The molecule has 0 bridgehead atoms. The van der Waals surface area contributed by atoms with Gasteiger partial charge in [0, 0.05) is 23.2 Å². The summed E-state index contributed by atoms with van der Waals surface area (Å²) in [6.07, 6.45) is 0. The second-order valence-electron chi connectivity index (χ2n) is 6.65. The molecular weight excluding hydrogens is 344 g/mol. The normalized spacial score (nSPS) is 12.2. The Morgan fingerprint density at radius 3 is 2.31 bits per heavy atom. The number of amides is 1. The van der Waals surface area contributed by atoms with Gasteiger partial charge in [0.2, 0.25) is 0 Å². The molecule has 0 N–H and O–H groups in total. The highest BCUT2D eigenvalue weighted by Crippen LogP contribution is 2.27. The third kappa shape index (κ3) is 3.42. The molecule has 0 radical (unpaired) electrons. The highest BCUT2D eigenvalue weighted by molar-refractivity contribution is 7.11. The van der Waals surface area contributed by atoms with Gasteiger partial charge in [-0.25, -0.2) is 9.67 Å². The standard InChI is InChI=1S/C20H24N4OS/c1-12-11-13(2)24(22-12)18-9-7-17(8-10-18)20(25)23(6)14(3)19-15(4)26-16(5)21-19/h7-11,14H,1-6H3/t14-/m1/s1. The molecule has 1 atom stereocenters. The maximum absolute atomic E-state index is 12.9. The molecular formula is C20H24N4OS. The van der Waals surface area contributed by atoms with Crippen LogP contribution in [0, 0.1) is 27.7 Å². The van der Waals surface area contributed by atoms with Crippen LogP contribution >= 0.6 is 11.3 Å². The molecule has 0 saturated carbocycles. The number of carbonyl (C=O) groups excluding carboxylic acids is 1. The Hall–Kier alpha value is -2.47. The summed E-state index contributed by atoms with van der Waals surface area (Å²) in [5.74, 6) is -0.0116. The quantitative estimate of drug-likeness (QED) is 0.686. The minimum Gasteiger partial charge on any atom is -0.333 e. The first-order chi connectivity index (χ1) is 12.3. The number of thiazole rings is 1. The molecule has 2 heterocycles. The fourth-order valence-electron chi connectivity index (χ4n) is 3.13. The van der Waals surface area contributed by atoms with E-state index >= 15 is 0 Å². The molecule has 3 rings (SSSR count). The van der Waals surface area contributed by atoms with E-state index in [9.17, 15) is 4.79 Å². The van der Waals surface area contributed by atoms with Crippen molar-refractivity contribution in [3.63, 3.8) is 0 Å². The van der Waals surface area contributed by atoms with Gasteiger partial charge in [-0.1, -0.05) is 0 Å². The van der Waals surface area contributed by atoms with Crippen LogP contribution in [-0.2, 0) is 0 Å². The van der Waals surface area contributed by atoms with Gasteiger partial charge in [0.25, 0.3) is 5.91 Å². The first-order valence-electron chi connectivity index (χ1n) is 8.62. The van der Waals surface area contributed by atoms with Crippen LogP contribution in [0.4, 0.5) is 0 Å². The van der Waals surface area contributed by atoms with Gasteiger partial charge in [-0.3, -0.25) is 4.79 Å². The van der Waals surface area contributed by atoms with E-state index in [0.717, 1.165) is 32.7 Å². The van der Waals surface area contributed by atoms with E-state index in [4.69, 9.17) is 0 Å². The van der Waals surface area contributed by atoms with E-state index < -0.39 is 0 Å². The lowest BCUT2D eigenvalue weighted by molar-refractivity contribution is 0.0740. The van der Waals surface area contributed by atoms with Crippen molar-refractivity contribution in [1.29, 1.82) is 0 Å². The predicted octanol–water partition coefficient (Wildman–Crippen LogP) is 4.40. The van der Waals surface area contributed by atoms with Gasteiger partial charge >= 0.3 is 0 Å². The third-order valence-corrected chi connectivity index (χ3v) is 5.51. The number of benzene rings is 1. The van der Waals surface area contributed by atoms with Gasteiger partial charge in [-0.15, -0.1) is 11.3 Å². The van der Waals surface area contributed by atoms with Gasteiger partial charge in [0.15, 0.2) is 0 Å². The van der Waals surface area contributed by atoms with Gasteiger partial charge in [0.1, 0.15) is 0 Å². The number of nitrogens with zero attached hydrogens (tertiary/aromatic N) is 4. The maximum Gasteiger partial charge on any atom is 0.254 e. The highest BCUT2D eigenvalue weighted by atomic mass is 32.1. The van der Waals surface area contributed by atoms with Gasteiger partial charge in [-0.2, -0.15) is 5.10 Å². The van der Waals surface area contributed by atoms with E-state index in [1.807, 2.05) is 69.8 Å². The van der Waals surface area contributed by atoms with E-state index in [1.54, 1.807) is 16.2 Å². The summed E-state index contributed by atoms with van der Waals surface area (Å²) in [7, 11) is 1.83. The van der Waals surface area contributed by atoms with Crippen LogP contribution in [0.25, 0.3) is 5.69 Å². The topological polar surface area (TPSA) is 51.0 Å². The number of hydrogen-bond acceptors (Lipinski definition) is 4. The van der Waals surface area contributed by atoms with Gasteiger partial charge in [0.05, 0.1) is 28.1 Å². The first-order valence-corrected chi connectivity index (χ1v) is 9.44. The lowest BCUT2D eigenvalue weighted by atomic mass is 10.1. The molecule has 0 saturated heterocycles.